The van der Waals surface area contributed by atoms with E-state index >= 15 is 0 Å². The number of hydrogen-bond acceptors (Lipinski definition) is 2. The molecule has 0 spiro atoms. The summed E-state index contributed by atoms with van der Waals surface area (Å²) < 4.78 is 2.19. The molecule has 0 aromatic carbocycles. The van der Waals surface area contributed by atoms with E-state index in [0.717, 1.165) is 25.3 Å². The lowest BCUT2D eigenvalue weighted by molar-refractivity contribution is 0.483. The van der Waals surface area contributed by atoms with Gasteiger partial charge in [-0.3, -0.25) is 0 Å². The number of aromatic nitrogens is 2. The van der Waals surface area contributed by atoms with E-state index in [1.165, 1.54) is 0 Å². The molecule has 0 saturated carbocycles. The van der Waals surface area contributed by atoms with Crippen molar-refractivity contribution in [3.05, 3.63) is 18.2 Å². The second-order valence-electron chi connectivity index (χ2n) is 3.42. The van der Waals surface area contributed by atoms with E-state index in [9.17, 15) is 0 Å². The van der Waals surface area contributed by atoms with Crippen molar-refractivity contribution >= 4 is 0 Å². The molecule has 1 unspecified atom stereocenters. The number of nitrogens with zero attached hydrogens (tertiary/aromatic N) is 2. The van der Waals surface area contributed by atoms with Crippen LogP contribution in [0.3, 0.4) is 0 Å². The summed E-state index contributed by atoms with van der Waals surface area (Å²) in [5.41, 5.74) is 0. The molecule has 0 saturated heterocycles. The highest BCUT2D eigenvalue weighted by molar-refractivity contribution is 4.88. The molecule has 0 fully saturated rings. The van der Waals surface area contributed by atoms with Crippen LogP contribution in [0.4, 0.5) is 0 Å². The average molecular weight is 181 g/mol. The number of nitrogens with one attached hydrogen (secondary N) is 1. The standard InChI is InChI=1S/C10H19N3/c1-4-11-9(2)5-7-13-8-6-12-10(13)3/h6,8-9,11H,4-5,7H2,1-3H3. The number of imidazole rings is 1. The number of rotatable bonds is 5. The van der Waals surface area contributed by atoms with Gasteiger partial charge >= 0.3 is 0 Å². The Labute approximate surface area is 80.2 Å². The van der Waals surface area contributed by atoms with Gasteiger partial charge in [-0.25, -0.2) is 4.98 Å². The van der Waals surface area contributed by atoms with Crippen LogP contribution in [-0.2, 0) is 6.54 Å². The molecule has 0 aliphatic carbocycles. The zero-order valence-corrected chi connectivity index (χ0v) is 8.75. The zero-order chi connectivity index (χ0) is 9.68. The quantitative estimate of drug-likeness (QED) is 0.747. The summed E-state index contributed by atoms with van der Waals surface area (Å²) in [6, 6.07) is 0.590. The Hall–Kier alpha value is -0.830. The Morgan fingerprint density at radius 3 is 2.92 bits per heavy atom. The number of hydrogen-bond donors (Lipinski definition) is 1. The fourth-order valence-electron chi connectivity index (χ4n) is 1.42. The van der Waals surface area contributed by atoms with Crippen LogP contribution in [0.2, 0.25) is 0 Å². The normalized spacial score (nSPS) is 13.2. The van der Waals surface area contributed by atoms with Crippen LogP contribution in [-0.4, -0.2) is 22.1 Å². The van der Waals surface area contributed by atoms with Gasteiger partial charge in [-0.15, -0.1) is 0 Å². The average Bonchev–Trinajstić information content (AvgIpc) is 2.48. The summed E-state index contributed by atoms with van der Waals surface area (Å²) in [6.45, 7) is 8.50. The van der Waals surface area contributed by atoms with Gasteiger partial charge in [0.1, 0.15) is 5.82 Å². The van der Waals surface area contributed by atoms with E-state index in [1.807, 2.05) is 19.3 Å². The molecule has 1 rings (SSSR count). The minimum absolute atomic E-state index is 0.590. The summed E-state index contributed by atoms with van der Waals surface area (Å²) in [5, 5.41) is 3.39. The molecule has 1 N–H and O–H groups in total. The van der Waals surface area contributed by atoms with E-state index < -0.39 is 0 Å². The molecule has 1 atom stereocenters. The highest BCUT2D eigenvalue weighted by atomic mass is 15.1. The molecule has 1 aromatic heterocycles. The zero-order valence-electron chi connectivity index (χ0n) is 8.75. The van der Waals surface area contributed by atoms with Gasteiger partial charge in [-0.1, -0.05) is 6.92 Å². The second kappa shape index (κ2) is 5.02. The van der Waals surface area contributed by atoms with Crippen LogP contribution in [0.1, 0.15) is 26.1 Å². The minimum Gasteiger partial charge on any atom is -0.335 e. The molecule has 3 heteroatoms. The lowest BCUT2D eigenvalue weighted by atomic mass is 10.2. The highest BCUT2D eigenvalue weighted by Gasteiger charge is 2.01. The lowest BCUT2D eigenvalue weighted by Crippen LogP contribution is -2.26. The molecule has 74 valence electrons. The van der Waals surface area contributed by atoms with Crippen LogP contribution in [0.15, 0.2) is 12.4 Å². The van der Waals surface area contributed by atoms with Crippen molar-refractivity contribution in [2.75, 3.05) is 6.54 Å². The maximum absolute atomic E-state index is 4.18. The Bertz CT molecular complexity index is 242. The maximum atomic E-state index is 4.18. The van der Waals surface area contributed by atoms with E-state index in [4.69, 9.17) is 0 Å². The predicted octanol–water partition coefficient (Wildman–Crippen LogP) is 1.58. The van der Waals surface area contributed by atoms with Crippen molar-refractivity contribution in [1.29, 1.82) is 0 Å². The minimum atomic E-state index is 0.590. The first kappa shape index (κ1) is 10.3. The molecule has 0 bridgehead atoms. The Kier molecular flexibility index (Phi) is 3.96. The van der Waals surface area contributed by atoms with E-state index in [-0.39, 0.29) is 0 Å². The van der Waals surface area contributed by atoms with Crippen molar-refractivity contribution in [2.45, 2.75) is 39.8 Å². The SMILES string of the molecule is CCNC(C)CCn1ccnc1C. The van der Waals surface area contributed by atoms with Gasteiger partial charge in [0.05, 0.1) is 0 Å². The van der Waals surface area contributed by atoms with Crippen molar-refractivity contribution < 1.29 is 0 Å². The topological polar surface area (TPSA) is 29.9 Å². The van der Waals surface area contributed by atoms with Gasteiger partial charge in [0.2, 0.25) is 0 Å². The molecule has 0 radical (unpaired) electrons. The second-order valence-corrected chi connectivity index (χ2v) is 3.42. The Morgan fingerprint density at radius 1 is 1.62 bits per heavy atom. The summed E-state index contributed by atoms with van der Waals surface area (Å²) >= 11 is 0. The molecular weight excluding hydrogens is 162 g/mol. The van der Waals surface area contributed by atoms with Gasteiger partial charge in [0.15, 0.2) is 0 Å². The third-order valence-corrected chi connectivity index (χ3v) is 2.28. The summed E-state index contributed by atoms with van der Waals surface area (Å²) in [5.74, 6) is 1.10. The highest BCUT2D eigenvalue weighted by Crippen LogP contribution is 1.99. The van der Waals surface area contributed by atoms with Crippen LogP contribution < -0.4 is 5.32 Å². The predicted molar refractivity (Wildman–Crippen MR) is 54.7 cm³/mol. The molecule has 3 nitrogen and oxygen atoms in total. The lowest BCUT2D eigenvalue weighted by Gasteiger charge is -2.12. The fraction of sp³-hybridized carbons (Fsp3) is 0.700. The summed E-state index contributed by atoms with van der Waals surface area (Å²) in [6.07, 6.45) is 5.05. The first-order chi connectivity index (χ1) is 6.24. The first-order valence-corrected chi connectivity index (χ1v) is 4.95. The van der Waals surface area contributed by atoms with E-state index in [1.54, 1.807) is 0 Å². The van der Waals surface area contributed by atoms with Gasteiger partial charge < -0.3 is 9.88 Å². The van der Waals surface area contributed by atoms with Crippen LogP contribution in [0.5, 0.6) is 0 Å². The Balaban J connectivity index is 2.30. The molecule has 0 amide bonds. The molecular formula is C10H19N3. The molecule has 1 aromatic rings. The van der Waals surface area contributed by atoms with Crippen molar-refractivity contribution in [3.8, 4) is 0 Å². The van der Waals surface area contributed by atoms with Crippen molar-refractivity contribution in [2.24, 2.45) is 0 Å². The third-order valence-electron chi connectivity index (χ3n) is 2.28. The fourth-order valence-corrected chi connectivity index (χ4v) is 1.42. The smallest absolute Gasteiger partial charge is 0.105 e. The van der Waals surface area contributed by atoms with Gasteiger partial charge in [-0.2, -0.15) is 0 Å². The van der Waals surface area contributed by atoms with E-state index in [0.29, 0.717) is 6.04 Å². The van der Waals surface area contributed by atoms with Gasteiger partial charge in [0, 0.05) is 25.0 Å². The van der Waals surface area contributed by atoms with Crippen molar-refractivity contribution in [3.63, 3.8) is 0 Å². The van der Waals surface area contributed by atoms with Crippen molar-refractivity contribution in [1.82, 2.24) is 14.9 Å². The molecule has 0 aliphatic rings. The van der Waals surface area contributed by atoms with Gasteiger partial charge in [0.25, 0.3) is 0 Å². The maximum Gasteiger partial charge on any atom is 0.105 e. The molecule has 0 aliphatic heterocycles. The van der Waals surface area contributed by atoms with Crippen LogP contribution >= 0.6 is 0 Å². The third kappa shape index (κ3) is 3.19. The van der Waals surface area contributed by atoms with Crippen LogP contribution in [0, 0.1) is 6.92 Å². The molecule has 1 heterocycles. The number of aryl methyl sites for hydroxylation is 2. The summed E-state index contributed by atoms with van der Waals surface area (Å²) in [4.78, 5) is 4.18. The first-order valence-electron chi connectivity index (χ1n) is 4.95. The van der Waals surface area contributed by atoms with E-state index in [2.05, 4.69) is 28.7 Å². The summed E-state index contributed by atoms with van der Waals surface area (Å²) in [7, 11) is 0. The largest absolute Gasteiger partial charge is 0.335 e. The van der Waals surface area contributed by atoms with Gasteiger partial charge in [-0.05, 0) is 26.8 Å². The monoisotopic (exact) mass is 181 g/mol. The molecule has 13 heavy (non-hydrogen) atoms. The Morgan fingerprint density at radius 2 is 2.38 bits per heavy atom. The van der Waals surface area contributed by atoms with Crippen LogP contribution in [0.25, 0.3) is 0 Å².